The zero-order chi connectivity index (χ0) is 16.7. The zero-order valence-corrected chi connectivity index (χ0v) is 16.3. The molecule has 126 valence electrons. The zero-order valence-electron chi connectivity index (χ0n) is 13.9. The molecule has 0 aliphatic carbocycles. The van der Waals surface area contributed by atoms with Gasteiger partial charge in [0.2, 0.25) is 0 Å². The predicted molar refractivity (Wildman–Crippen MR) is 101 cm³/mol. The molecule has 0 radical (unpaired) electrons. The molecule has 0 spiro atoms. The number of thiophene rings is 1. The van der Waals surface area contributed by atoms with Crippen LogP contribution in [0.2, 0.25) is 0 Å². The molecule has 7 heteroatoms. The van der Waals surface area contributed by atoms with Crippen molar-refractivity contribution < 1.29 is 0 Å². The SMILES string of the molecule is CN=C(NCCCn1nc(C)cc1C)NCCc1ccc(Br)s1. The summed E-state index contributed by atoms with van der Waals surface area (Å²) in [7, 11) is 1.80. The van der Waals surface area contributed by atoms with Gasteiger partial charge in [0.25, 0.3) is 0 Å². The molecule has 2 N–H and O–H groups in total. The Labute approximate surface area is 150 Å². The molecule has 2 aromatic heterocycles. The maximum atomic E-state index is 4.47. The first-order valence-electron chi connectivity index (χ1n) is 7.78. The number of aliphatic imine (C=N–C) groups is 1. The third-order valence-corrected chi connectivity index (χ3v) is 5.14. The van der Waals surface area contributed by atoms with Crippen LogP contribution in [-0.2, 0) is 13.0 Å². The van der Waals surface area contributed by atoms with E-state index in [1.807, 2.05) is 6.92 Å². The third-order valence-electron chi connectivity index (χ3n) is 3.46. The average molecular weight is 398 g/mol. The highest BCUT2D eigenvalue weighted by atomic mass is 79.9. The standard InChI is InChI=1S/C16H24BrN5S/c1-12-11-13(2)22(21-12)10-4-8-19-16(18-3)20-9-7-14-5-6-15(17)23-14/h5-6,11H,4,7-10H2,1-3H3,(H2,18,19,20). The van der Waals surface area contributed by atoms with Crippen LogP contribution in [0.3, 0.4) is 0 Å². The minimum Gasteiger partial charge on any atom is -0.356 e. The topological polar surface area (TPSA) is 54.2 Å². The summed E-state index contributed by atoms with van der Waals surface area (Å²) in [6, 6.07) is 6.35. The molecule has 0 bridgehead atoms. The highest BCUT2D eigenvalue weighted by Gasteiger charge is 2.02. The van der Waals surface area contributed by atoms with Crippen LogP contribution >= 0.6 is 27.3 Å². The molecular weight excluding hydrogens is 374 g/mol. The molecule has 2 heterocycles. The van der Waals surface area contributed by atoms with Crippen LogP contribution in [-0.4, -0.2) is 35.9 Å². The number of halogens is 1. The molecule has 0 aliphatic heterocycles. The van der Waals surface area contributed by atoms with Gasteiger partial charge >= 0.3 is 0 Å². The Morgan fingerprint density at radius 2 is 2.09 bits per heavy atom. The van der Waals surface area contributed by atoms with E-state index in [4.69, 9.17) is 0 Å². The summed E-state index contributed by atoms with van der Waals surface area (Å²) in [6.07, 6.45) is 2.02. The Hall–Kier alpha value is -1.34. The number of aromatic nitrogens is 2. The van der Waals surface area contributed by atoms with Gasteiger partial charge in [0.05, 0.1) is 9.48 Å². The van der Waals surface area contributed by atoms with E-state index >= 15 is 0 Å². The summed E-state index contributed by atoms with van der Waals surface area (Å²) in [5.74, 6) is 0.856. The van der Waals surface area contributed by atoms with Gasteiger partial charge < -0.3 is 10.6 Å². The molecular formula is C16H24BrN5S. The van der Waals surface area contributed by atoms with E-state index in [-0.39, 0.29) is 0 Å². The van der Waals surface area contributed by atoms with Crippen molar-refractivity contribution in [3.63, 3.8) is 0 Å². The molecule has 0 fully saturated rings. The van der Waals surface area contributed by atoms with E-state index in [9.17, 15) is 0 Å². The van der Waals surface area contributed by atoms with E-state index in [1.54, 1.807) is 18.4 Å². The fourth-order valence-corrected chi connectivity index (χ4v) is 3.83. The summed E-state index contributed by atoms with van der Waals surface area (Å²) < 4.78 is 3.24. The van der Waals surface area contributed by atoms with Crippen LogP contribution in [0.5, 0.6) is 0 Å². The molecule has 0 saturated heterocycles. The summed E-state index contributed by atoms with van der Waals surface area (Å²) >= 11 is 5.27. The Bertz CT molecular complexity index is 647. The van der Waals surface area contributed by atoms with Gasteiger partial charge in [-0.05, 0) is 60.8 Å². The van der Waals surface area contributed by atoms with Gasteiger partial charge in [-0.3, -0.25) is 9.67 Å². The van der Waals surface area contributed by atoms with E-state index in [1.165, 1.54) is 14.4 Å². The molecule has 0 aliphatic rings. The fraction of sp³-hybridized carbons (Fsp3) is 0.500. The van der Waals surface area contributed by atoms with Crippen molar-refractivity contribution in [2.75, 3.05) is 20.1 Å². The third kappa shape index (κ3) is 5.99. The van der Waals surface area contributed by atoms with Gasteiger partial charge in [-0.25, -0.2) is 0 Å². The lowest BCUT2D eigenvalue weighted by atomic mass is 10.3. The number of hydrogen-bond donors (Lipinski definition) is 2. The highest BCUT2D eigenvalue weighted by Crippen LogP contribution is 2.21. The van der Waals surface area contributed by atoms with Gasteiger partial charge in [0, 0.05) is 37.3 Å². The summed E-state index contributed by atoms with van der Waals surface area (Å²) in [5.41, 5.74) is 2.29. The van der Waals surface area contributed by atoms with E-state index in [2.05, 4.69) is 66.5 Å². The van der Waals surface area contributed by atoms with Crippen LogP contribution in [0.15, 0.2) is 27.0 Å². The van der Waals surface area contributed by atoms with Crippen LogP contribution in [0.4, 0.5) is 0 Å². The average Bonchev–Trinajstić information content (AvgIpc) is 3.07. The quantitative estimate of drug-likeness (QED) is 0.428. The van der Waals surface area contributed by atoms with Gasteiger partial charge in [-0.2, -0.15) is 5.10 Å². The van der Waals surface area contributed by atoms with Crippen molar-refractivity contribution in [3.05, 3.63) is 38.3 Å². The first kappa shape index (κ1) is 18.0. The Morgan fingerprint density at radius 3 is 2.70 bits per heavy atom. The molecule has 0 aromatic carbocycles. The van der Waals surface area contributed by atoms with Crippen molar-refractivity contribution in [1.82, 2.24) is 20.4 Å². The Kier molecular flexibility index (Phi) is 7.11. The molecule has 5 nitrogen and oxygen atoms in total. The maximum Gasteiger partial charge on any atom is 0.190 e. The molecule has 0 amide bonds. The number of aryl methyl sites for hydroxylation is 3. The van der Waals surface area contributed by atoms with Crippen molar-refractivity contribution in [2.24, 2.45) is 4.99 Å². The number of hydrogen-bond acceptors (Lipinski definition) is 3. The lowest BCUT2D eigenvalue weighted by Crippen LogP contribution is -2.38. The first-order valence-corrected chi connectivity index (χ1v) is 9.39. The number of nitrogens with zero attached hydrogens (tertiary/aromatic N) is 3. The molecule has 0 saturated carbocycles. The monoisotopic (exact) mass is 397 g/mol. The number of nitrogens with one attached hydrogen (secondary N) is 2. The predicted octanol–water partition coefficient (Wildman–Crippen LogP) is 3.12. The van der Waals surface area contributed by atoms with Crippen LogP contribution < -0.4 is 10.6 Å². The highest BCUT2D eigenvalue weighted by molar-refractivity contribution is 9.11. The van der Waals surface area contributed by atoms with Gasteiger partial charge in [0.1, 0.15) is 0 Å². The van der Waals surface area contributed by atoms with Crippen molar-refractivity contribution in [2.45, 2.75) is 33.2 Å². The summed E-state index contributed by atoms with van der Waals surface area (Å²) in [6.45, 7) is 6.80. The van der Waals surface area contributed by atoms with E-state index in [0.29, 0.717) is 0 Å². The van der Waals surface area contributed by atoms with Crippen LogP contribution in [0, 0.1) is 13.8 Å². The van der Waals surface area contributed by atoms with Gasteiger partial charge in [-0.15, -0.1) is 11.3 Å². The lowest BCUT2D eigenvalue weighted by molar-refractivity contribution is 0.555. The minimum absolute atomic E-state index is 0.856. The van der Waals surface area contributed by atoms with Crippen molar-refractivity contribution in [3.8, 4) is 0 Å². The summed E-state index contributed by atoms with van der Waals surface area (Å²) in [5, 5.41) is 11.2. The molecule has 2 rings (SSSR count). The Morgan fingerprint density at radius 1 is 1.30 bits per heavy atom. The number of rotatable bonds is 7. The van der Waals surface area contributed by atoms with Gasteiger partial charge in [0.15, 0.2) is 5.96 Å². The van der Waals surface area contributed by atoms with Crippen molar-refractivity contribution in [1.29, 1.82) is 0 Å². The largest absolute Gasteiger partial charge is 0.356 e. The lowest BCUT2D eigenvalue weighted by Gasteiger charge is -2.11. The number of guanidine groups is 1. The second kappa shape index (κ2) is 9.08. The molecule has 2 aromatic rings. The van der Waals surface area contributed by atoms with Crippen LogP contribution in [0.1, 0.15) is 22.7 Å². The Balaban J connectivity index is 1.64. The van der Waals surface area contributed by atoms with Crippen molar-refractivity contribution >= 4 is 33.2 Å². The fourth-order valence-electron chi connectivity index (χ4n) is 2.35. The normalized spacial score (nSPS) is 11.7. The molecule has 0 atom stereocenters. The second-order valence-corrected chi connectivity index (χ2v) is 7.93. The van der Waals surface area contributed by atoms with Crippen LogP contribution in [0.25, 0.3) is 0 Å². The molecule has 23 heavy (non-hydrogen) atoms. The van der Waals surface area contributed by atoms with Gasteiger partial charge in [-0.1, -0.05) is 0 Å². The maximum absolute atomic E-state index is 4.47. The second-order valence-electron chi connectivity index (χ2n) is 5.39. The van der Waals surface area contributed by atoms with E-state index < -0.39 is 0 Å². The first-order chi connectivity index (χ1) is 11.1. The minimum atomic E-state index is 0.856. The molecule has 0 unspecified atom stereocenters. The smallest absolute Gasteiger partial charge is 0.190 e. The summed E-state index contributed by atoms with van der Waals surface area (Å²) in [4.78, 5) is 5.62. The van der Waals surface area contributed by atoms with E-state index in [0.717, 1.165) is 44.1 Å².